The summed E-state index contributed by atoms with van der Waals surface area (Å²) >= 11 is 0. The zero-order valence-corrected chi connectivity index (χ0v) is 17.8. The number of hydrogen-bond donors (Lipinski definition) is 3. The van der Waals surface area contributed by atoms with Gasteiger partial charge >= 0.3 is 0 Å². The van der Waals surface area contributed by atoms with Gasteiger partial charge in [-0.25, -0.2) is 0 Å². The summed E-state index contributed by atoms with van der Waals surface area (Å²) in [5.74, 6) is 0.855. The summed E-state index contributed by atoms with van der Waals surface area (Å²) in [5.41, 5.74) is 5.65. The second kappa shape index (κ2) is 7.97. The number of methoxy groups -OCH3 is 1. The van der Waals surface area contributed by atoms with Crippen LogP contribution in [-0.4, -0.2) is 41.0 Å². The summed E-state index contributed by atoms with van der Waals surface area (Å²) < 4.78 is 7.63. The maximum absolute atomic E-state index is 9.68. The lowest BCUT2D eigenvalue weighted by Crippen LogP contribution is -2.38. The number of benzene rings is 2. The van der Waals surface area contributed by atoms with E-state index < -0.39 is 0 Å². The topological polar surface area (TPSA) is 90.7 Å². The molecule has 0 aliphatic carbocycles. The van der Waals surface area contributed by atoms with Crippen LogP contribution in [0.2, 0.25) is 0 Å². The molecule has 3 N–H and O–H groups in total. The van der Waals surface area contributed by atoms with Gasteiger partial charge < -0.3 is 20.4 Å². The second-order valence-corrected chi connectivity index (χ2v) is 8.19. The number of aromatic nitrogens is 3. The van der Waals surface area contributed by atoms with E-state index in [0.29, 0.717) is 18.2 Å². The van der Waals surface area contributed by atoms with Crippen LogP contribution in [0.4, 0.5) is 5.69 Å². The highest BCUT2D eigenvalue weighted by atomic mass is 16.5. The van der Waals surface area contributed by atoms with Crippen molar-refractivity contribution in [3.63, 3.8) is 0 Å². The molecular weight excluding hydrogens is 388 g/mol. The minimum atomic E-state index is 0.299. The van der Waals surface area contributed by atoms with Crippen LogP contribution in [0, 0.1) is 18.3 Å². The molecule has 31 heavy (non-hydrogen) atoms. The molecule has 0 amide bonds. The van der Waals surface area contributed by atoms with Crippen molar-refractivity contribution in [2.75, 3.05) is 25.5 Å². The van der Waals surface area contributed by atoms with Gasteiger partial charge in [0.2, 0.25) is 0 Å². The Hall–Kier alpha value is -3.50. The first-order chi connectivity index (χ1) is 15.2. The van der Waals surface area contributed by atoms with E-state index in [1.54, 1.807) is 7.11 Å². The molecular formula is C24H26N6O. The number of aryl methyl sites for hydroxylation is 1. The molecule has 1 aliphatic heterocycles. The molecule has 1 atom stereocenters. The highest BCUT2D eigenvalue weighted by molar-refractivity contribution is 5.93. The van der Waals surface area contributed by atoms with E-state index >= 15 is 0 Å². The quantitative estimate of drug-likeness (QED) is 0.460. The van der Waals surface area contributed by atoms with E-state index in [0.717, 1.165) is 70.3 Å². The Bertz CT molecular complexity index is 1290. The predicted molar refractivity (Wildman–Crippen MR) is 123 cm³/mol. The molecule has 4 aromatic rings. The van der Waals surface area contributed by atoms with Crippen LogP contribution in [0.3, 0.4) is 0 Å². The lowest BCUT2D eigenvalue weighted by Gasteiger charge is -2.25. The molecule has 0 radical (unpaired) electrons. The molecule has 3 heterocycles. The SMILES string of the molecule is COc1cc(C)c2[nH]ccc2c1Cn1cc2ccc(C#N)c(NC3CCCNC3)c2n1. The number of aromatic amines is 1. The number of fused-ring (bicyclic) bond motifs is 2. The third-order valence-corrected chi connectivity index (χ3v) is 6.14. The monoisotopic (exact) mass is 414 g/mol. The third kappa shape index (κ3) is 3.49. The van der Waals surface area contributed by atoms with Gasteiger partial charge in [0.15, 0.2) is 0 Å². The van der Waals surface area contributed by atoms with Crippen LogP contribution in [0.15, 0.2) is 36.7 Å². The van der Waals surface area contributed by atoms with Gasteiger partial charge in [-0.2, -0.15) is 10.4 Å². The average molecular weight is 415 g/mol. The maximum Gasteiger partial charge on any atom is 0.124 e. The Morgan fingerprint density at radius 2 is 2.26 bits per heavy atom. The van der Waals surface area contributed by atoms with E-state index in [-0.39, 0.29) is 0 Å². The second-order valence-electron chi connectivity index (χ2n) is 8.19. The zero-order valence-electron chi connectivity index (χ0n) is 17.8. The molecule has 0 bridgehead atoms. The number of ether oxygens (including phenoxy) is 1. The Kier molecular flexibility index (Phi) is 5.00. The maximum atomic E-state index is 9.68. The van der Waals surface area contributed by atoms with E-state index in [1.165, 1.54) is 0 Å². The van der Waals surface area contributed by atoms with Gasteiger partial charge in [-0.3, -0.25) is 4.68 Å². The number of piperidine rings is 1. The predicted octanol–water partition coefficient (Wildman–Crippen LogP) is 3.92. The Labute approximate surface area is 181 Å². The fourth-order valence-corrected chi connectivity index (χ4v) is 4.58. The van der Waals surface area contributed by atoms with Crippen molar-refractivity contribution in [1.82, 2.24) is 20.1 Å². The third-order valence-electron chi connectivity index (χ3n) is 6.14. The highest BCUT2D eigenvalue weighted by Gasteiger charge is 2.19. The molecule has 5 rings (SSSR count). The van der Waals surface area contributed by atoms with E-state index in [1.807, 2.05) is 29.2 Å². The van der Waals surface area contributed by atoms with Crippen LogP contribution in [0.25, 0.3) is 21.8 Å². The first kappa shape index (κ1) is 19.5. The van der Waals surface area contributed by atoms with Crippen molar-refractivity contribution in [1.29, 1.82) is 5.26 Å². The number of hydrogen-bond acceptors (Lipinski definition) is 5. The number of rotatable bonds is 5. The van der Waals surface area contributed by atoms with Gasteiger partial charge in [-0.05, 0) is 56.1 Å². The molecule has 2 aromatic heterocycles. The van der Waals surface area contributed by atoms with Crippen molar-refractivity contribution < 1.29 is 4.74 Å². The van der Waals surface area contributed by atoms with Gasteiger partial charge in [-0.1, -0.05) is 0 Å². The molecule has 1 aliphatic rings. The summed E-state index contributed by atoms with van der Waals surface area (Å²) in [6, 6.07) is 10.6. The summed E-state index contributed by atoms with van der Waals surface area (Å²) in [5, 5.41) is 23.7. The molecule has 7 heteroatoms. The highest BCUT2D eigenvalue weighted by Crippen LogP contribution is 2.32. The van der Waals surface area contributed by atoms with Gasteiger partial charge in [0.1, 0.15) is 17.3 Å². The average Bonchev–Trinajstić information content (AvgIpc) is 3.44. The summed E-state index contributed by atoms with van der Waals surface area (Å²) in [4.78, 5) is 3.32. The zero-order chi connectivity index (χ0) is 21.4. The number of anilines is 1. The first-order valence-corrected chi connectivity index (χ1v) is 10.7. The summed E-state index contributed by atoms with van der Waals surface area (Å²) in [6.45, 7) is 4.61. The van der Waals surface area contributed by atoms with E-state index in [2.05, 4.69) is 40.7 Å². The normalized spacial score (nSPS) is 16.5. The molecule has 0 spiro atoms. The van der Waals surface area contributed by atoms with Gasteiger partial charge in [0.25, 0.3) is 0 Å². The summed E-state index contributed by atoms with van der Waals surface area (Å²) in [6.07, 6.45) is 6.21. The Morgan fingerprint density at radius 3 is 3.03 bits per heavy atom. The van der Waals surface area contributed by atoms with Gasteiger partial charge in [-0.15, -0.1) is 0 Å². The lowest BCUT2D eigenvalue weighted by atomic mass is 10.0. The molecule has 1 saturated heterocycles. The van der Waals surface area contributed by atoms with Gasteiger partial charge in [0, 0.05) is 46.8 Å². The minimum Gasteiger partial charge on any atom is -0.496 e. The molecule has 0 saturated carbocycles. The fraction of sp³-hybridized carbons (Fsp3) is 0.333. The first-order valence-electron chi connectivity index (χ1n) is 10.7. The fourth-order valence-electron chi connectivity index (χ4n) is 4.58. The Balaban J connectivity index is 1.56. The number of nitrogens with zero attached hydrogens (tertiary/aromatic N) is 3. The number of H-pyrrole nitrogens is 1. The van der Waals surface area contributed by atoms with Crippen molar-refractivity contribution in [2.45, 2.75) is 32.4 Å². The van der Waals surface area contributed by atoms with Crippen LogP contribution in [0.5, 0.6) is 5.75 Å². The molecule has 7 nitrogen and oxygen atoms in total. The largest absolute Gasteiger partial charge is 0.496 e. The van der Waals surface area contributed by atoms with Crippen molar-refractivity contribution in [2.24, 2.45) is 0 Å². The smallest absolute Gasteiger partial charge is 0.124 e. The Morgan fingerprint density at radius 1 is 1.35 bits per heavy atom. The minimum absolute atomic E-state index is 0.299. The molecule has 1 unspecified atom stereocenters. The molecule has 158 valence electrons. The lowest BCUT2D eigenvalue weighted by molar-refractivity contribution is 0.408. The van der Waals surface area contributed by atoms with Gasteiger partial charge in [0.05, 0.1) is 24.9 Å². The van der Waals surface area contributed by atoms with E-state index in [9.17, 15) is 5.26 Å². The van der Waals surface area contributed by atoms with Crippen LogP contribution < -0.4 is 15.4 Å². The summed E-state index contributed by atoms with van der Waals surface area (Å²) in [7, 11) is 1.70. The van der Waals surface area contributed by atoms with Crippen LogP contribution in [0.1, 0.15) is 29.5 Å². The van der Waals surface area contributed by atoms with E-state index in [4.69, 9.17) is 9.84 Å². The van der Waals surface area contributed by atoms with Crippen molar-refractivity contribution in [3.8, 4) is 11.8 Å². The molecule has 1 fully saturated rings. The van der Waals surface area contributed by atoms with Crippen LogP contribution in [-0.2, 0) is 6.54 Å². The number of nitrogens with one attached hydrogen (secondary N) is 3. The number of nitriles is 1. The standard InChI is InChI=1S/C24H26N6O/c1-15-10-21(31-2)20(19-7-9-27-22(15)19)14-30-13-17-6-5-16(11-25)23(24(17)29-30)28-18-4-3-8-26-12-18/h5-7,9-10,13,18,26-28H,3-4,8,12,14H2,1-2H3. The van der Waals surface area contributed by atoms with Crippen LogP contribution >= 0.6 is 0 Å². The van der Waals surface area contributed by atoms with Crippen molar-refractivity contribution in [3.05, 3.63) is 53.3 Å². The van der Waals surface area contributed by atoms with Crippen molar-refractivity contribution >= 4 is 27.5 Å². The molecule has 2 aromatic carbocycles.